The zero-order valence-electron chi connectivity index (χ0n) is 17.6. The van der Waals surface area contributed by atoms with Crippen molar-refractivity contribution in [1.29, 1.82) is 0 Å². The maximum absolute atomic E-state index is 12.3. The second-order valence-corrected chi connectivity index (χ2v) is 9.76. The first kappa shape index (κ1) is 24.5. The van der Waals surface area contributed by atoms with Gasteiger partial charge in [0.15, 0.2) is 10.9 Å². The highest BCUT2D eigenvalue weighted by Crippen LogP contribution is 2.36. The molecule has 0 aliphatic carbocycles. The molecule has 0 amide bonds. The molecule has 174 valence electrons. The van der Waals surface area contributed by atoms with E-state index in [1.807, 2.05) is 36.4 Å². The molecule has 6 nitrogen and oxygen atoms in total. The van der Waals surface area contributed by atoms with Crippen LogP contribution in [0.3, 0.4) is 0 Å². The lowest BCUT2D eigenvalue weighted by Crippen LogP contribution is -2.20. The number of anilines is 2. The average Bonchev–Trinajstić information content (AvgIpc) is 3.39. The molecule has 0 aliphatic heterocycles. The average molecular weight is 552 g/mol. The lowest BCUT2D eigenvalue weighted by Gasteiger charge is -2.09. The van der Waals surface area contributed by atoms with Crippen LogP contribution in [0.5, 0.6) is 0 Å². The van der Waals surface area contributed by atoms with E-state index in [2.05, 4.69) is 15.7 Å². The highest BCUT2D eigenvalue weighted by molar-refractivity contribution is 7.80. The Morgan fingerprint density at radius 1 is 1.09 bits per heavy atom. The van der Waals surface area contributed by atoms with Crippen LogP contribution in [0.1, 0.15) is 15.9 Å². The standard InChI is InChI=1S/C23H17Cl3N4O2S2/c1-32-22(31)16-10-19(13-5-3-2-4-6-13)34-21(16)28-23(33)27-20-18(26)12-30(29-20)11-14-7-8-15(24)9-17(14)25/h2-10,12H,11H2,1H3,(H2,27,28,29,33). The number of thiophene rings is 1. The topological polar surface area (TPSA) is 68.2 Å². The van der Waals surface area contributed by atoms with Crippen LogP contribution in [0, 0.1) is 0 Å². The van der Waals surface area contributed by atoms with Gasteiger partial charge in [-0.25, -0.2) is 4.79 Å². The summed E-state index contributed by atoms with van der Waals surface area (Å²) in [5.74, 6) is -0.102. The van der Waals surface area contributed by atoms with Gasteiger partial charge in [-0.1, -0.05) is 71.2 Å². The molecule has 4 rings (SSSR count). The Balaban J connectivity index is 1.50. The van der Waals surface area contributed by atoms with Crippen molar-refractivity contribution in [3.8, 4) is 10.4 Å². The minimum atomic E-state index is -0.467. The fraction of sp³-hybridized carbons (Fsp3) is 0.0870. The summed E-state index contributed by atoms with van der Waals surface area (Å²) in [4.78, 5) is 13.2. The van der Waals surface area contributed by atoms with E-state index < -0.39 is 5.97 Å². The number of ether oxygens (including phenoxy) is 1. The van der Waals surface area contributed by atoms with Gasteiger partial charge < -0.3 is 15.4 Å². The molecule has 0 saturated carbocycles. The number of carbonyl (C=O) groups is 1. The predicted octanol–water partition coefficient (Wildman–Crippen LogP) is 7.22. The number of thiocarbonyl (C=S) groups is 1. The summed E-state index contributed by atoms with van der Waals surface area (Å²) in [6, 6.07) is 16.8. The summed E-state index contributed by atoms with van der Waals surface area (Å²) in [5, 5.41) is 12.7. The SMILES string of the molecule is COC(=O)c1cc(-c2ccccc2)sc1NC(=S)Nc1nn(Cc2ccc(Cl)cc2Cl)cc1Cl. The molecule has 0 bridgehead atoms. The van der Waals surface area contributed by atoms with Crippen molar-refractivity contribution in [2.24, 2.45) is 0 Å². The number of halogens is 3. The number of aromatic nitrogens is 2. The lowest BCUT2D eigenvalue weighted by molar-refractivity contribution is 0.0602. The van der Waals surface area contributed by atoms with Crippen LogP contribution < -0.4 is 10.6 Å². The third-order valence-corrected chi connectivity index (χ3v) is 6.89. The summed E-state index contributed by atoms with van der Waals surface area (Å²) in [5.41, 5.74) is 2.20. The maximum atomic E-state index is 12.3. The Morgan fingerprint density at radius 2 is 1.85 bits per heavy atom. The number of methoxy groups -OCH3 is 1. The van der Waals surface area contributed by atoms with Crippen molar-refractivity contribution >= 4 is 80.3 Å². The molecule has 0 unspecified atom stereocenters. The van der Waals surface area contributed by atoms with Crippen LogP contribution in [0.15, 0.2) is 60.8 Å². The normalized spacial score (nSPS) is 10.7. The summed E-state index contributed by atoms with van der Waals surface area (Å²) in [6.07, 6.45) is 1.66. The third kappa shape index (κ3) is 5.71. The predicted molar refractivity (Wildman–Crippen MR) is 144 cm³/mol. The number of rotatable bonds is 6. The van der Waals surface area contributed by atoms with Crippen molar-refractivity contribution in [1.82, 2.24) is 9.78 Å². The van der Waals surface area contributed by atoms with Gasteiger partial charge in [-0.2, -0.15) is 5.10 Å². The molecule has 0 atom stereocenters. The molecule has 2 N–H and O–H groups in total. The quantitative estimate of drug-likeness (QED) is 0.195. The van der Waals surface area contributed by atoms with Crippen LogP contribution in [0.4, 0.5) is 10.8 Å². The third-order valence-electron chi connectivity index (χ3n) is 4.72. The number of nitrogens with one attached hydrogen (secondary N) is 2. The Morgan fingerprint density at radius 3 is 2.56 bits per heavy atom. The fourth-order valence-corrected chi connectivity index (χ4v) is 5.10. The Bertz CT molecular complexity index is 1360. The molecule has 0 radical (unpaired) electrons. The van der Waals surface area contributed by atoms with Crippen LogP contribution >= 0.6 is 58.4 Å². The number of nitrogens with zero attached hydrogens (tertiary/aromatic N) is 2. The number of hydrogen-bond acceptors (Lipinski definition) is 5. The molecule has 2 aromatic carbocycles. The van der Waals surface area contributed by atoms with Crippen LogP contribution in [-0.2, 0) is 11.3 Å². The first-order valence-electron chi connectivity index (χ1n) is 9.86. The smallest absolute Gasteiger partial charge is 0.340 e. The first-order valence-corrected chi connectivity index (χ1v) is 12.2. The minimum Gasteiger partial charge on any atom is -0.465 e. The Hall–Kier alpha value is -2.62. The molecule has 2 aromatic heterocycles. The van der Waals surface area contributed by atoms with Gasteiger partial charge in [-0.05, 0) is 41.5 Å². The highest BCUT2D eigenvalue weighted by atomic mass is 35.5. The van der Waals surface area contributed by atoms with Gasteiger partial charge in [-0.3, -0.25) is 4.68 Å². The molecule has 2 heterocycles. The number of esters is 1. The van der Waals surface area contributed by atoms with Gasteiger partial charge in [-0.15, -0.1) is 11.3 Å². The maximum Gasteiger partial charge on any atom is 0.340 e. The van der Waals surface area contributed by atoms with Crippen LogP contribution in [-0.4, -0.2) is 28.0 Å². The van der Waals surface area contributed by atoms with E-state index in [1.54, 1.807) is 29.1 Å². The summed E-state index contributed by atoms with van der Waals surface area (Å²) >= 11 is 25.4. The van der Waals surface area contributed by atoms with E-state index in [4.69, 9.17) is 51.8 Å². The van der Waals surface area contributed by atoms with Crippen molar-refractivity contribution in [2.75, 3.05) is 17.7 Å². The number of hydrogen-bond donors (Lipinski definition) is 2. The van der Waals surface area contributed by atoms with E-state index in [0.717, 1.165) is 16.0 Å². The fourth-order valence-electron chi connectivity index (χ4n) is 3.12. The second kappa shape index (κ2) is 10.8. The van der Waals surface area contributed by atoms with Gasteiger partial charge in [0, 0.05) is 21.1 Å². The molecule has 0 spiro atoms. The van der Waals surface area contributed by atoms with Crippen molar-refractivity contribution in [3.05, 3.63) is 87.0 Å². The Labute approximate surface area is 220 Å². The molecular formula is C23H17Cl3N4O2S2. The molecular weight excluding hydrogens is 535 g/mol. The number of benzene rings is 2. The molecule has 4 aromatic rings. The molecule has 34 heavy (non-hydrogen) atoms. The van der Waals surface area contributed by atoms with E-state index in [-0.39, 0.29) is 5.11 Å². The van der Waals surface area contributed by atoms with Gasteiger partial charge in [0.25, 0.3) is 0 Å². The Kier molecular flexibility index (Phi) is 7.75. The lowest BCUT2D eigenvalue weighted by atomic mass is 10.1. The van der Waals surface area contributed by atoms with Crippen molar-refractivity contribution in [3.63, 3.8) is 0 Å². The zero-order chi connectivity index (χ0) is 24.2. The highest BCUT2D eigenvalue weighted by Gasteiger charge is 2.19. The van der Waals surface area contributed by atoms with E-state index in [9.17, 15) is 4.79 Å². The first-order chi connectivity index (χ1) is 16.3. The van der Waals surface area contributed by atoms with Gasteiger partial charge in [0.1, 0.15) is 10.0 Å². The van der Waals surface area contributed by atoms with Crippen LogP contribution in [0.2, 0.25) is 15.1 Å². The van der Waals surface area contributed by atoms with Crippen molar-refractivity contribution < 1.29 is 9.53 Å². The number of carbonyl (C=O) groups excluding carboxylic acids is 1. The summed E-state index contributed by atoms with van der Waals surface area (Å²) < 4.78 is 6.57. The molecule has 0 aliphatic rings. The van der Waals surface area contributed by atoms with E-state index in [0.29, 0.717) is 38.0 Å². The largest absolute Gasteiger partial charge is 0.465 e. The monoisotopic (exact) mass is 550 g/mol. The van der Waals surface area contributed by atoms with Crippen molar-refractivity contribution in [2.45, 2.75) is 6.54 Å². The molecule has 0 fully saturated rings. The summed E-state index contributed by atoms with van der Waals surface area (Å²) in [6.45, 7) is 0.398. The zero-order valence-corrected chi connectivity index (χ0v) is 21.5. The van der Waals surface area contributed by atoms with Gasteiger partial charge in [0.2, 0.25) is 0 Å². The van der Waals surface area contributed by atoms with Crippen LogP contribution in [0.25, 0.3) is 10.4 Å². The van der Waals surface area contributed by atoms with Gasteiger partial charge >= 0.3 is 5.97 Å². The van der Waals surface area contributed by atoms with Gasteiger partial charge in [0.05, 0.1) is 19.2 Å². The minimum absolute atomic E-state index is 0.225. The second-order valence-electron chi connectivity index (χ2n) is 7.05. The molecule has 11 heteroatoms. The summed E-state index contributed by atoms with van der Waals surface area (Å²) in [7, 11) is 1.34. The van der Waals surface area contributed by atoms with E-state index >= 15 is 0 Å². The van der Waals surface area contributed by atoms with E-state index in [1.165, 1.54) is 18.4 Å². The molecule has 0 saturated heterocycles.